The molecule has 0 aliphatic heterocycles. The van der Waals surface area contributed by atoms with Crippen molar-refractivity contribution in [2.75, 3.05) is 0 Å². The van der Waals surface area contributed by atoms with Crippen molar-refractivity contribution in [3.05, 3.63) is 200 Å². The fourth-order valence-corrected chi connectivity index (χ4v) is 10.7. The lowest BCUT2D eigenvalue weighted by molar-refractivity contribution is 1.18. The smallest absolute Gasteiger partial charge is 0.0628 e. The lowest BCUT2D eigenvalue weighted by atomic mass is 9.97. The first-order valence-corrected chi connectivity index (χ1v) is 20.4. The molecule has 14 rings (SSSR count). The van der Waals surface area contributed by atoms with Crippen LogP contribution in [0.25, 0.3) is 126 Å². The van der Waals surface area contributed by atoms with Gasteiger partial charge in [0.15, 0.2) is 0 Å². The molecule has 4 aromatic heterocycles. The predicted molar refractivity (Wildman–Crippen MR) is 250 cm³/mol. The molecule has 0 radical (unpaired) electrons. The van der Waals surface area contributed by atoms with Crippen LogP contribution >= 0.6 is 0 Å². The molecule has 14 aromatic rings. The number of hydrogen-bond acceptors (Lipinski definition) is 0. The van der Waals surface area contributed by atoms with Gasteiger partial charge in [0.25, 0.3) is 0 Å². The first-order valence-electron chi connectivity index (χ1n) is 20.4. The number of rotatable bonds is 3. The summed E-state index contributed by atoms with van der Waals surface area (Å²) in [7, 11) is 0. The predicted octanol–water partition coefficient (Wildman–Crippen LogP) is 15.0. The largest absolute Gasteiger partial charge is 0.309 e. The van der Waals surface area contributed by atoms with Crippen LogP contribution in [0, 0.1) is 0 Å². The molecule has 0 bridgehead atoms. The molecule has 0 spiro atoms. The molecule has 0 fully saturated rings. The Bertz CT molecular complexity index is 4070. The minimum Gasteiger partial charge on any atom is -0.309 e. The third-order valence-corrected chi connectivity index (χ3v) is 13.1. The number of hydrogen-bond donors (Lipinski definition) is 0. The maximum Gasteiger partial charge on any atom is 0.0628 e. The van der Waals surface area contributed by atoms with Crippen LogP contribution in [-0.4, -0.2) is 13.5 Å². The van der Waals surface area contributed by atoms with Gasteiger partial charge >= 0.3 is 0 Å². The molecular weight excluding hydrogens is 715 g/mol. The van der Waals surface area contributed by atoms with Crippen molar-refractivity contribution in [3.63, 3.8) is 0 Å². The molecule has 0 N–H and O–H groups in total. The molecule has 0 aliphatic rings. The Labute approximate surface area is 338 Å². The van der Waals surface area contributed by atoms with Gasteiger partial charge < -0.3 is 13.5 Å². The second-order valence-electron chi connectivity index (χ2n) is 16.1. The van der Waals surface area contributed by atoms with Gasteiger partial charge in [0.05, 0.1) is 44.3 Å². The first-order chi connectivity index (χ1) is 29.3. The van der Waals surface area contributed by atoms with Gasteiger partial charge in [-0.05, 0) is 82.4 Å². The van der Waals surface area contributed by atoms with Crippen molar-refractivity contribution in [1.82, 2.24) is 13.5 Å². The molecule has 3 nitrogen and oxygen atoms in total. The van der Waals surface area contributed by atoms with Gasteiger partial charge in [0.2, 0.25) is 0 Å². The third kappa shape index (κ3) is 4.06. The standard InChI is InChI=1S/C56H33N3/c1-2-17-38(18-3-1)57-47-23-11-8-20-40(47)45-31-37(27-29-50(45)57)44-30-35-15-4-5-16-36(35)32-51(44)59-52-33-46-41-21-9-12-24-48(41)58-49-25-13-10-22-42(49)54(56(46)58)53(52)43-28-26-34-14-6-7-19-39(34)55(43)59/h1-33H. The highest BCUT2D eigenvalue weighted by Gasteiger charge is 2.26. The zero-order valence-electron chi connectivity index (χ0n) is 31.9. The van der Waals surface area contributed by atoms with E-state index in [1.165, 1.54) is 120 Å². The number of aromatic nitrogens is 3. The normalized spacial score (nSPS) is 12.4. The lowest BCUT2D eigenvalue weighted by Crippen LogP contribution is -1.99. The fourth-order valence-electron chi connectivity index (χ4n) is 10.7. The number of benzene rings is 10. The second kappa shape index (κ2) is 11.4. The highest BCUT2D eigenvalue weighted by molar-refractivity contribution is 6.37. The van der Waals surface area contributed by atoms with E-state index >= 15 is 0 Å². The maximum atomic E-state index is 2.61. The van der Waals surface area contributed by atoms with E-state index in [0.717, 1.165) is 5.69 Å². The molecule has 0 atom stereocenters. The summed E-state index contributed by atoms with van der Waals surface area (Å²) >= 11 is 0. The van der Waals surface area contributed by atoms with Gasteiger partial charge in [-0.3, -0.25) is 0 Å². The van der Waals surface area contributed by atoms with Crippen molar-refractivity contribution in [2.45, 2.75) is 0 Å². The molecule has 0 aliphatic carbocycles. The zero-order valence-corrected chi connectivity index (χ0v) is 31.9. The second-order valence-corrected chi connectivity index (χ2v) is 16.1. The van der Waals surface area contributed by atoms with Gasteiger partial charge in [-0.25, -0.2) is 0 Å². The molecule has 10 aromatic carbocycles. The van der Waals surface area contributed by atoms with Crippen molar-refractivity contribution in [1.29, 1.82) is 0 Å². The van der Waals surface area contributed by atoms with Crippen LogP contribution in [0.1, 0.15) is 0 Å². The number of para-hydroxylation sites is 4. The Kier molecular flexibility index (Phi) is 6.02. The van der Waals surface area contributed by atoms with Crippen LogP contribution in [0.5, 0.6) is 0 Å². The molecule has 272 valence electrons. The summed E-state index contributed by atoms with van der Waals surface area (Å²) in [5.74, 6) is 0. The van der Waals surface area contributed by atoms with Gasteiger partial charge in [-0.2, -0.15) is 0 Å². The van der Waals surface area contributed by atoms with E-state index in [-0.39, 0.29) is 0 Å². The molecule has 0 saturated heterocycles. The Morgan fingerprint density at radius 3 is 1.69 bits per heavy atom. The molecule has 4 heterocycles. The summed E-state index contributed by atoms with van der Waals surface area (Å²) < 4.78 is 7.51. The van der Waals surface area contributed by atoms with Crippen LogP contribution in [0.15, 0.2) is 200 Å². The van der Waals surface area contributed by atoms with Crippen LogP contribution < -0.4 is 0 Å². The van der Waals surface area contributed by atoms with Crippen LogP contribution in [0.3, 0.4) is 0 Å². The fraction of sp³-hybridized carbons (Fsp3) is 0. The van der Waals surface area contributed by atoms with E-state index in [4.69, 9.17) is 0 Å². The Morgan fingerprint density at radius 2 is 0.898 bits per heavy atom. The molecule has 0 unspecified atom stereocenters. The van der Waals surface area contributed by atoms with Crippen molar-refractivity contribution >= 4 is 103 Å². The van der Waals surface area contributed by atoms with Gasteiger partial charge in [-0.15, -0.1) is 0 Å². The summed E-state index contributed by atoms with van der Waals surface area (Å²) in [6, 6.07) is 74.3. The monoisotopic (exact) mass is 747 g/mol. The van der Waals surface area contributed by atoms with Crippen LogP contribution in [0.4, 0.5) is 0 Å². The summed E-state index contributed by atoms with van der Waals surface area (Å²) in [6.45, 7) is 0. The van der Waals surface area contributed by atoms with Gasteiger partial charge in [-0.1, -0.05) is 140 Å². The Hall–Kier alpha value is -7.88. The van der Waals surface area contributed by atoms with E-state index in [9.17, 15) is 0 Å². The Balaban J connectivity index is 1.18. The SMILES string of the molecule is c1ccc(-n2c3ccccc3c3cc(-c4cc5ccccc5cc4-n4c5cc6c7ccccc7n7c8ccccc8c(c5c5ccc8ccccc8c54)c67)ccc32)cc1. The number of nitrogens with zero attached hydrogens (tertiary/aromatic N) is 3. The Morgan fingerprint density at radius 1 is 0.288 bits per heavy atom. The minimum atomic E-state index is 1.16. The van der Waals surface area contributed by atoms with E-state index in [0.29, 0.717) is 0 Å². The third-order valence-electron chi connectivity index (χ3n) is 13.1. The van der Waals surface area contributed by atoms with Crippen molar-refractivity contribution < 1.29 is 0 Å². The van der Waals surface area contributed by atoms with E-state index in [1.807, 2.05) is 0 Å². The highest BCUT2D eigenvalue weighted by atomic mass is 15.0. The van der Waals surface area contributed by atoms with E-state index in [2.05, 4.69) is 214 Å². The van der Waals surface area contributed by atoms with Gasteiger partial charge in [0, 0.05) is 59.7 Å². The number of fused-ring (bicyclic) bond motifs is 16. The molecular formula is C56H33N3. The van der Waals surface area contributed by atoms with E-state index in [1.54, 1.807) is 0 Å². The van der Waals surface area contributed by atoms with Crippen LogP contribution in [0.2, 0.25) is 0 Å². The summed E-state index contributed by atoms with van der Waals surface area (Å²) in [5.41, 5.74) is 13.4. The average molecular weight is 748 g/mol. The highest BCUT2D eigenvalue weighted by Crippen LogP contribution is 2.49. The average Bonchev–Trinajstić information content (AvgIpc) is 4.03. The van der Waals surface area contributed by atoms with Gasteiger partial charge in [0.1, 0.15) is 0 Å². The quantitative estimate of drug-likeness (QED) is 0.171. The summed E-state index contributed by atoms with van der Waals surface area (Å²) in [4.78, 5) is 0. The van der Waals surface area contributed by atoms with E-state index < -0.39 is 0 Å². The minimum absolute atomic E-state index is 1.16. The van der Waals surface area contributed by atoms with Crippen LogP contribution in [-0.2, 0) is 0 Å². The molecule has 0 saturated carbocycles. The zero-order chi connectivity index (χ0) is 38.3. The maximum absolute atomic E-state index is 2.61. The molecule has 0 amide bonds. The first kappa shape index (κ1) is 31.2. The molecule has 3 heteroatoms. The molecule has 59 heavy (non-hydrogen) atoms. The summed E-state index contributed by atoms with van der Waals surface area (Å²) in [6.07, 6.45) is 0. The van der Waals surface area contributed by atoms with Crippen molar-refractivity contribution in [2.24, 2.45) is 0 Å². The topological polar surface area (TPSA) is 14.3 Å². The summed E-state index contributed by atoms with van der Waals surface area (Å²) in [5, 5.41) is 15.2. The van der Waals surface area contributed by atoms with Crippen molar-refractivity contribution in [3.8, 4) is 22.5 Å². The lowest BCUT2D eigenvalue weighted by Gasteiger charge is -2.17.